The lowest BCUT2D eigenvalue weighted by Gasteiger charge is -2.30. The molecule has 0 radical (unpaired) electrons. The minimum Gasteiger partial charge on any atom is -0.495 e. The number of anilines is 1. The number of amides is 1. The monoisotopic (exact) mass is 472 g/mol. The molecule has 0 bridgehead atoms. The number of nitrogens with one attached hydrogen (secondary N) is 1. The SMILES string of the molecule is COc1ccc(C)cc1NC(=O)C1CCN(S(=O)(=O)c2cccc(OC(F)(F)F)c2)CC1. The number of benzene rings is 2. The van der Waals surface area contributed by atoms with Gasteiger partial charge in [-0.3, -0.25) is 4.79 Å². The number of methoxy groups -OCH3 is 1. The summed E-state index contributed by atoms with van der Waals surface area (Å²) in [6.07, 6.45) is -4.37. The fraction of sp³-hybridized carbons (Fsp3) is 0.381. The zero-order valence-corrected chi connectivity index (χ0v) is 18.3. The molecule has 0 unspecified atom stereocenters. The number of hydrogen-bond acceptors (Lipinski definition) is 5. The average molecular weight is 472 g/mol. The third-order valence-electron chi connectivity index (χ3n) is 5.11. The van der Waals surface area contributed by atoms with Gasteiger partial charge in [-0.25, -0.2) is 8.42 Å². The van der Waals surface area contributed by atoms with Crippen LogP contribution in [0, 0.1) is 12.8 Å². The summed E-state index contributed by atoms with van der Waals surface area (Å²) in [6.45, 7) is 2.01. The molecule has 2 aromatic carbocycles. The zero-order valence-electron chi connectivity index (χ0n) is 17.5. The van der Waals surface area contributed by atoms with Gasteiger partial charge >= 0.3 is 6.36 Å². The van der Waals surface area contributed by atoms with Gasteiger partial charge in [0.15, 0.2) is 0 Å². The number of ether oxygens (including phenoxy) is 2. The molecule has 1 fully saturated rings. The quantitative estimate of drug-likeness (QED) is 0.689. The normalized spacial score (nSPS) is 15.9. The minimum atomic E-state index is -4.92. The van der Waals surface area contributed by atoms with Gasteiger partial charge in [-0.1, -0.05) is 12.1 Å². The first-order valence-corrected chi connectivity index (χ1v) is 11.2. The summed E-state index contributed by atoms with van der Waals surface area (Å²) in [4.78, 5) is 12.4. The van der Waals surface area contributed by atoms with Crippen molar-refractivity contribution in [1.82, 2.24) is 4.31 Å². The number of rotatable bonds is 6. The number of alkyl halides is 3. The van der Waals surface area contributed by atoms with Gasteiger partial charge in [0.25, 0.3) is 0 Å². The number of piperidine rings is 1. The van der Waals surface area contributed by atoms with Crippen LogP contribution in [-0.2, 0) is 14.8 Å². The van der Waals surface area contributed by atoms with Crippen LogP contribution in [0.3, 0.4) is 0 Å². The van der Waals surface area contributed by atoms with E-state index in [2.05, 4.69) is 10.1 Å². The topological polar surface area (TPSA) is 84.9 Å². The molecule has 0 atom stereocenters. The van der Waals surface area contributed by atoms with Gasteiger partial charge in [0.1, 0.15) is 11.5 Å². The molecule has 1 aliphatic heterocycles. The molecule has 3 rings (SSSR count). The van der Waals surface area contributed by atoms with Crippen LogP contribution in [0.15, 0.2) is 47.4 Å². The Hall–Kier alpha value is -2.79. The first-order chi connectivity index (χ1) is 15.0. The molecule has 1 aliphatic rings. The van der Waals surface area contributed by atoms with Crippen LogP contribution in [0.2, 0.25) is 0 Å². The van der Waals surface area contributed by atoms with Crippen molar-refractivity contribution in [2.45, 2.75) is 31.0 Å². The van der Waals surface area contributed by atoms with Gasteiger partial charge in [0.05, 0.1) is 17.7 Å². The predicted molar refractivity (Wildman–Crippen MR) is 111 cm³/mol. The van der Waals surface area contributed by atoms with Crippen LogP contribution in [0.4, 0.5) is 18.9 Å². The molecule has 1 saturated heterocycles. The number of hydrogen-bond donors (Lipinski definition) is 1. The van der Waals surface area contributed by atoms with E-state index in [1.54, 1.807) is 12.1 Å². The molecule has 174 valence electrons. The van der Waals surface area contributed by atoms with Crippen molar-refractivity contribution in [2.24, 2.45) is 5.92 Å². The van der Waals surface area contributed by atoms with Gasteiger partial charge in [0, 0.05) is 25.1 Å². The summed E-state index contributed by atoms with van der Waals surface area (Å²) in [5.41, 5.74) is 1.48. The van der Waals surface area contributed by atoms with Crippen LogP contribution in [0.25, 0.3) is 0 Å². The Bertz CT molecular complexity index is 1080. The molecule has 7 nitrogen and oxygen atoms in total. The van der Waals surface area contributed by atoms with E-state index < -0.39 is 28.1 Å². The lowest BCUT2D eigenvalue weighted by Crippen LogP contribution is -2.41. The summed E-state index contributed by atoms with van der Waals surface area (Å²) < 4.78 is 73.3. The fourth-order valence-corrected chi connectivity index (χ4v) is 5.00. The summed E-state index contributed by atoms with van der Waals surface area (Å²) in [5.74, 6) is -0.747. The predicted octanol–water partition coefficient (Wildman–Crippen LogP) is 3.94. The average Bonchev–Trinajstić information content (AvgIpc) is 2.73. The molecular formula is C21H23F3N2O5S. The molecule has 0 aromatic heterocycles. The second-order valence-corrected chi connectivity index (χ2v) is 9.33. The molecule has 1 heterocycles. The smallest absolute Gasteiger partial charge is 0.495 e. The molecule has 32 heavy (non-hydrogen) atoms. The number of sulfonamides is 1. The summed E-state index contributed by atoms with van der Waals surface area (Å²) in [5, 5.41) is 2.83. The maximum absolute atomic E-state index is 12.9. The van der Waals surface area contributed by atoms with Crippen LogP contribution in [-0.4, -0.2) is 45.2 Å². The van der Waals surface area contributed by atoms with E-state index in [4.69, 9.17) is 4.74 Å². The molecular weight excluding hydrogens is 449 g/mol. The largest absolute Gasteiger partial charge is 0.573 e. The zero-order chi connectivity index (χ0) is 23.5. The first-order valence-electron chi connectivity index (χ1n) is 9.81. The van der Waals surface area contributed by atoms with E-state index in [1.165, 1.54) is 19.2 Å². The number of nitrogens with zero attached hydrogens (tertiary/aromatic N) is 1. The number of carbonyl (C=O) groups excluding carboxylic acids is 1. The van der Waals surface area contributed by atoms with Crippen LogP contribution in [0.1, 0.15) is 18.4 Å². The Morgan fingerprint density at radius 2 is 1.81 bits per heavy atom. The van der Waals surface area contributed by atoms with E-state index in [0.717, 1.165) is 22.0 Å². The third kappa shape index (κ3) is 5.71. The Morgan fingerprint density at radius 3 is 2.44 bits per heavy atom. The number of aryl methyl sites for hydroxylation is 1. The van der Waals surface area contributed by atoms with Crippen molar-refractivity contribution < 1.29 is 35.9 Å². The molecule has 1 N–H and O–H groups in total. The van der Waals surface area contributed by atoms with Gasteiger partial charge in [-0.2, -0.15) is 4.31 Å². The van der Waals surface area contributed by atoms with E-state index in [1.807, 2.05) is 13.0 Å². The van der Waals surface area contributed by atoms with Crippen molar-refractivity contribution in [3.8, 4) is 11.5 Å². The van der Waals surface area contributed by atoms with Gasteiger partial charge in [0.2, 0.25) is 15.9 Å². The Labute approximate surface area is 184 Å². The third-order valence-corrected chi connectivity index (χ3v) is 7.01. The number of halogens is 3. The molecule has 0 aliphatic carbocycles. The van der Waals surface area contributed by atoms with Crippen molar-refractivity contribution in [3.05, 3.63) is 48.0 Å². The Morgan fingerprint density at radius 1 is 1.12 bits per heavy atom. The van der Waals surface area contributed by atoms with E-state index in [0.29, 0.717) is 11.4 Å². The van der Waals surface area contributed by atoms with Gasteiger partial charge in [-0.15, -0.1) is 13.2 Å². The maximum Gasteiger partial charge on any atom is 0.573 e. The highest BCUT2D eigenvalue weighted by atomic mass is 32.2. The van der Waals surface area contributed by atoms with Crippen molar-refractivity contribution in [1.29, 1.82) is 0 Å². The van der Waals surface area contributed by atoms with Crippen molar-refractivity contribution >= 4 is 21.6 Å². The standard InChI is InChI=1S/C21H23F3N2O5S/c1-14-6-7-19(30-2)18(12-14)25-20(27)15-8-10-26(11-9-15)32(28,29)17-5-3-4-16(13-17)31-21(22,23)24/h3-7,12-13,15H,8-11H2,1-2H3,(H,25,27). The number of carbonyl (C=O) groups is 1. The highest BCUT2D eigenvalue weighted by molar-refractivity contribution is 7.89. The fourth-order valence-electron chi connectivity index (χ4n) is 3.49. The van der Waals surface area contributed by atoms with Crippen LogP contribution in [0.5, 0.6) is 11.5 Å². The van der Waals surface area contributed by atoms with E-state index >= 15 is 0 Å². The minimum absolute atomic E-state index is 0.0652. The Kier molecular flexibility index (Phi) is 6.99. The van der Waals surface area contributed by atoms with Crippen molar-refractivity contribution in [3.63, 3.8) is 0 Å². The highest BCUT2D eigenvalue weighted by Gasteiger charge is 2.34. The lowest BCUT2D eigenvalue weighted by atomic mass is 9.97. The molecule has 11 heteroatoms. The lowest BCUT2D eigenvalue weighted by molar-refractivity contribution is -0.274. The highest BCUT2D eigenvalue weighted by Crippen LogP contribution is 2.30. The van der Waals surface area contributed by atoms with Crippen LogP contribution < -0.4 is 14.8 Å². The van der Waals surface area contributed by atoms with Gasteiger partial charge in [-0.05, 0) is 49.6 Å². The molecule has 1 amide bonds. The maximum atomic E-state index is 12.9. The summed E-state index contributed by atoms with van der Waals surface area (Å²) in [7, 11) is -2.53. The van der Waals surface area contributed by atoms with Gasteiger partial charge < -0.3 is 14.8 Å². The summed E-state index contributed by atoms with van der Waals surface area (Å²) >= 11 is 0. The first kappa shape index (κ1) is 23.9. The Balaban J connectivity index is 1.66. The second kappa shape index (κ2) is 9.37. The van der Waals surface area contributed by atoms with E-state index in [-0.39, 0.29) is 36.7 Å². The molecule has 2 aromatic rings. The van der Waals surface area contributed by atoms with Crippen molar-refractivity contribution in [2.75, 3.05) is 25.5 Å². The van der Waals surface area contributed by atoms with E-state index in [9.17, 15) is 26.4 Å². The molecule has 0 saturated carbocycles. The van der Waals surface area contributed by atoms with Crippen LogP contribution >= 0.6 is 0 Å². The summed E-state index contributed by atoms with van der Waals surface area (Å²) in [6, 6.07) is 9.65. The molecule has 0 spiro atoms. The second-order valence-electron chi connectivity index (χ2n) is 7.39.